The minimum Gasteiger partial charge on any atom is -0.378 e. The molecule has 0 radical (unpaired) electrons. The minimum atomic E-state index is 0.201. The molecule has 106 valence electrons. The average molecular weight is 254 g/mol. The van der Waals surface area contributed by atoms with Gasteiger partial charge in [-0.2, -0.15) is 0 Å². The van der Waals surface area contributed by atoms with E-state index < -0.39 is 0 Å². The first-order valence-corrected chi connectivity index (χ1v) is 7.71. The SMILES string of the molecule is CCC1CC(CN)(N2CCCC(C)C2C)CCO1. The van der Waals surface area contributed by atoms with Crippen molar-refractivity contribution in [2.45, 2.75) is 70.6 Å². The van der Waals surface area contributed by atoms with Gasteiger partial charge >= 0.3 is 0 Å². The third kappa shape index (κ3) is 2.59. The molecular weight excluding hydrogens is 224 g/mol. The molecule has 2 aliphatic heterocycles. The Hall–Kier alpha value is -0.120. The van der Waals surface area contributed by atoms with Crippen LogP contribution in [0.1, 0.15) is 52.9 Å². The molecule has 0 aromatic heterocycles. The van der Waals surface area contributed by atoms with Gasteiger partial charge in [0, 0.05) is 24.7 Å². The van der Waals surface area contributed by atoms with Gasteiger partial charge in [0.2, 0.25) is 0 Å². The minimum absolute atomic E-state index is 0.201. The summed E-state index contributed by atoms with van der Waals surface area (Å²) in [6.45, 7) is 9.88. The van der Waals surface area contributed by atoms with Gasteiger partial charge in [-0.1, -0.05) is 13.8 Å². The van der Waals surface area contributed by atoms with Crippen LogP contribution < -0.4 is 5.73 Å². The number of hydrogen-bond donors (Lipinski definition) is 1. The van der Waals surface area contributed by atoms with Crippen LogP contribution in [0.5, 0.6) is 0 Å². The third-order valence-electron chi connectivity index (χ3n) is 5.35. The van der Waals surface area contributed by atoms with Crippen molar-refractivity contribution in [1.29, 1.82) is 0 Å². The smallest absolute Gasteiger partial charge is 0.0590 e. The number of hydrogen-bond acceptors (Lipinski definition) is 3. The van der Waals surface area contributed by atoms with Crippen LogP contribution in [0.3, 0.4) is 0 Å². The molecule has 2 saturated heterocycles. The summed E-state index contributed by atoms with van der Waals surface area (Å²) in [5.74, 6) is 0.796. The largest absolute Gasteiger partial charge is 0.378 e. The molecule has 0 spiro atoms. The van der Waals surface area contributed by atoms with Crippen molar-refractivity contribution < 1.29 is 4.74 Å². The zero-order valence-corrected chi connectivity index (χ0v) is 12.3. The molecule has 0 aromatic rings. The van der Waals surface area contributed by atoms with E-state index in [1.807, 2.05) is 0 Å². The quantitative estimate of drug-likeness (QED) is 0.840. The molecule has 4 atom stereocenters. The molecule has 0 aliphatic carbocycles. The maximum atomic E-state index is 6.20. The van der Waals surface area contributed by atoms with Gasteiger partial charge in [-0.3, -0.25) is 4.90 Å². The summed E-state index contributed by atoms with van der Waals surface area (Å²) in [5, 5.41) is 0. The van der Waals surface area contributed by atoms with Crippen LogP contribution >= 0.6 is 0 Å². The Bertz CT molecular complexity index is 271. The predicted octanol–water partition coefficient (Wildman–Crippen LogP) is 2.39. The highest BCUT2D eigenvalue weighted by Gasteiger charge is 2.44. The molecule has 18 heavy (non-hydrogen) atoms. The van der Waals surface area contributed by atoms with E-state index >= 15 is 0 Å². The fourth-order valence-corrected chi connectivity index (χ4v) is 3.83. The number of piperidine rings is 1. The molecule has 2 fully saturated rings. The first kappa shape index (κ1) is 14.3. The zero-order chi connectivity index (χ0) is 13.2. The second-order valence-corrected chi connectivity index (χ2v) is 6.34. The Kier molecular flexibility index (Phi) is 4.68. The van der Waals surface area contributed by atoms with E-state index in [2.05, 4.69) is 25.7 Å². The van der Waals surface area contributed by atoms with Crippen molar-refractivity contribution >= 4 is 0 Å². The molecule has 3 nitrogen and oxygen atoms in total. The normalized spacial score (nSPS) is 43.0. The number of likely N-dealkylation sites (tertiary alicyclic amines) is 1. The zero-order valence-electron chi connectivity index (χ0n) is 12.3. The van der Waals surface area contributed by atoms with Crippen LogP contribution in [-0.4, -0.2) is 42.3 Å². The Morgan fingerprint density at radius 1 is 1.39 bits per heavy atom. The first-order valence-electron chi connectivity index (χ1n) is 7.71. The van der Waals surface area contributed by atoms with Crippen molar-refractivity contribution in [3.05, 3.63) is 0 Å². The van der Waals surface area contributed by atoms with Crippen molar-refractivity contribution in [2.24, 2.45) is 11.7 Å². The molecule has 0 bridgehead atoms. The van der Waals surface area contributed by atoms with Gasteiger partial charge in [-0.05, 0) is 51.5 Å². The molecule has 0 aromatic carbocycles. The maximum Gasteiger partial charge on any atom is 0.0590 e. The Morgan fingerprint density at radius 2 is 2.17 bits per heavy atom. The molecular formula is C15H30N2O. The average Bonchev–Trinajstić information content (AvgIpc) is 2.41. The molecule has 0 saturated carbocycles. The van der Waals surface area contributed by atoms with Crippen molar-refractivity contribution in [3.8, 4) is 0 Å². The van der Waals surface area contributed by atoms with Gasteiger partial charge in [0.25, 0.3) is 0 Å². The monoisotopic (exact) mass is 254 g/mol. The maximum absolute atomic E-state index is 6.20. The molecule has 4 unspecified atom stereocenters. The summed E-state index contributed by atoms with van der Waals surface area (Å²) in [7, 11) is 0. The van der Waals surface area contributed by atoms with Crippen LogP contribution in [0, 0.1) is 5.92 Å². The summed E-state index contributed by atoms with van der Waals surface area (Å²) in [4.78, 5) is 2.71. The van der Waals surface area contributed by atoms with Gasteiger partial charge in [-0.15, -0.1) is 0 Å². The van der Waals surface area contributed by atoms with Crippen molar-refractivity contribution in [2.75, 3.05) is 19.7 Å². The van der Waals surface area contributed by atoms with Gasteiger partial charge in [0.05, 0.1) is 6.10 Å². The van der Waals surface area contributed by atoms with Gasteiger partial charge in [-0.25, -0.2) is 0 Å². The Labute approximate surface area is 112 Å². The van der Waals surface area contributed by atoms with Crippen LogP contribution in [-0.2, 0) is 4.74 Å². The number of nitrogens with zero attached hydrogens (tertiary/aromatic N) is 1. The number of rotatable bonds is 3. The highest BCUT2D eigenvalue weighted by Crippen LogP contribution is 2.37. The molecule has 3 heteroatoms. The van der Waals surface area contributed by atoms with Gasteiger partial charge in [0.1, 0.15) is 0 Å². The van der Waals surface area contributed by atoms with E-state index in [9.17, 15) is 0 Å². The highest BCUT2D eigenvalue weighted by molar-refractivity contribution is 5.00. The molecule has 2 rings (SSSR count). The second-order valence-electron chi connectivity index (χ2n) is 6.34. The molecule has 0 amide bonds. The third-order valence-corrected chi connectivity index (χ3v) is 5.35. The van der Waals surface area contributed by atoms with E-state index in [0.717, 1.165) is 38.3 Å². The Balaban J connectivity index is 2.15. The van der Waals surface area contributed by atoms with Crippen LogP contribution in [0.2, 0.25) is 0 Å². The van der Waals surface area contributed by atoms with Crippen LogP contribution in [0.15, 0.2) is 0 Å². The summed E-state index contributed by atoms with van der Waals surface area (Å²) >= 11 is 0. The van der Waals surface area contributed by atoms with E-state index in [1.54, 1.807) is 0 Å². The van der Waals surface area contributed by atoms with Gasteiger partial charge in [0.15, 0.2) is 0 Å². The standard InChI is InChI=1S/C15H30N2O/c1-4-14-10-15(11-16,7-9-18-14)17-8-5-6-12(2)13(17)3/h12-14H,4-11,16H2,1-3H3. The van der Waals surface area contributed by atoms with Crippen LogP contribution in [0.25, 0.3) is 0 Å². The lowest BCUT2D eigenvalue weighted by Crippen LogP contribution is -2.63. The topological polar surface area (TPSA) is 38.5 Å². The lowest BCUT2D eigenvalue weighted by atomic mass is 9.79. The lowest BCUT2D eigenvalue weighted by molar-refractivity contribution is -0.0970. The number of nitrogens with two attached hydrogens (primary N) is 1. The summed E-state index contributed by atoms with van der Waals surface area (Å²) in [6.07, 6.45) is 6.44. The summed E-state index contributed by atoms with van der Waals surface area (Å²) < 4.78 is 5.85. The lowest BCUT2D eigenvalue weighted by Gasteiger charge is -2.53. The highest BCUT2D eigenvalue weighted by atomic mass is 16.5. The van der Waals surface area contributed by atoms with E-state index in [-0.39, 0.29) is 5.54 Å². The predicted molar refractivity (Wildman–Crippen MR) is 75.6 cm³/mol. The number of ether oxygens (including phenoxy) is 1. The summed E-state index contributed by atoms with van der Waals surface area (Å²) in [6, 6.07) is 0.665. The van der Waals surface area contributed by atoms with Crippen molar-refractivity contribution in [3.63, 3.8) is 0 Å². The second kappa shape index (κ2) is 5.89. The molecule has 2 N–H and O–H groups in total. The first-order chi connectivity index (χ1) is 8.63. The fourth-order valence-electron chi connectivity index (χ4n) is 3.83. The molecule has 2 heterocycles. The van der Waals surface area contributed by atoms with E-state index in [0.29, 0.717) is 12.1 Å². The van der Waals surface area contributed by atoms with E-state index in [1.165, 1.54) is 19.4 Å². The Morgan fingerprint density at radius 3 is 2.83 bits per heavy atom. The van der Waals surface area contributed by atoms with Gasteiger partial charge < -0.3 is 10.5 Å². The van der Waals surface area contributed by atoms with Crippen molar-refractivity contribution in [1.82, 2.24) is 4.90 Å². The molecule has 2 aliphatic rings. The van der Waals surface area contributed by atoms with Crippen LogP contribution in [0.4, 0.5) is 0 Å². The fraction of sp³-hybridized carbons (Fsp3) is 1.00. The van der Waals surface area contributed by atoms with E-state index in [4.69, 9.17) is 10.5 Å². The summed E-state index contributed by atoms with van der Waals surface area (Å²) in [5.41, 5.74) is 6.40.